The third-order valence-corrected chi connectivity index (χ3v) is 5.15. The highest BCUT2D eigenvalue weighted by atomic mass is 35.5. The van der Waals surface area contributed by atoms with Crippen LogP contribution in [-0.4, -0.2) is 34.4 Å². The van der Waals surface area contributed by atoms with Crippen LogP contribution in [0.25, 0.3) is 0 Å². The molecule has 1 heterocycles. The van der Waals surface area contributed by atoms with E-state index in [1.807, 2.05) is 40.9 Å². The summed E-state index contributed by atoms with van der Waals surface area (Å²) in [6, 6.07) is 7.89. The van der Waals surface area contributed by atoms with E-state index in [1.54, 1.807) is 0 Å². The van der Waals surface area contributed by atoms with Crippen LogP contribution in [0.3, 0.4) is 0 Å². The molecule has 0 N–H and O–H groups in total. The normalized spacial score (nSPS) is 24.1. The highest BCUT2D eigenvalue weighted by molar-refractivity contribution is 8.00. The van der Waals surface area contributed by atoms with Crippen LogP contribution in [0.1, 0.15) is 29.8 Å². The van der Waals surface area contributed by atoms with Crippen molar-refractivity contribution in [2.75, 3.05) is 12.3 Å². The van der Waals surface area contributed by atoms with Crippen LogP contribution >= 0.6 is 23.4 Å². The van der Waals surface area contributed by atoms with E-state index < -0.39 is 0 Å². The molecule has 2 unspecified atom stereocenters. The molecule has 2 atom stereocenters. The molecule has 1 aliphatic rings. The molecule has 1 aromatic rings. The van der Waals surface area contributed by atoms with Crippen LogP contribution in [0.15, 0.2) is 24.3 Å². The van der Waals surface area contributed by atoms with Crippen molar-refractivity contribution in [3.8, 4) is 0 Å². The molecule has 0 aromatic heterocycles. The lowest BCUT2D eigenvalue weighted by molar-refractivity contribution is 0.0698. The topological polar surface area (TPSA) is 20.3 Å². The molecule has 98 valence electrons. The van der Waals surface area contributed by atoms with Gasteiger partial charge in [0.2, 0.25) is 0 Å². The third-order valence-electron chi connectivity index (χ3n) is 3.50. The predicted molar refractivity (Wildman–Crippen MR) is 78.4 cm³/mol. The van der Waals surface area contributed by atoms with E-state index in [9.17, 15) is 4.79 Å². The van der Waals surface area contributed by atoms with Crippen molar-refractivity contribution in [2.24, 2.45) is 0 Å². The average Bonchev–Trinajstić information content (AvgIpc) is 2.41. The van der Waals surface area contributed by atoms with Gasteiger partial charge >= 0.3 is 0 Å². The van der Waals surface area contributed by atoms with Gasteiger partial charge in [0.05, 0.1) is 0 Å². The lowest BCUT2D eigenvalue weighted by Gasteiger charge is -2.37. The highest BCUT2D eigenvalue weighted by Gasteiger charge is 2.29. The van der Waals surface area contributed by atoms with Crippen LogP contribution in [-0.2, 0) is 5.88 Å². The number of hydrogen-bond acceptors (Lipinski definition) is 2. The van der Waals surface area contributed by atoms with Crippen LogP contribution in [0.5, 0.6) is 0 Å². The first-order valence-electron chi connectivity index (χ1n) is 6.21. The standard InChI is InChI=1S/C14H18ClNOS/c1-10-11(2)18-8-7-16(10)14(17)13-5-3-12(9-15)4-6-13/h3-6,10-11H,7-9H2,1-2H3. The van der Waals surface area contributed by atoms with Crippen molar-refractivity contribution in [3.63, 3.8) is 0 Å². The zero-order valence-electron chi connectivity index (χ0n) is 10.7. The SMILES string of the molecule is CC1SCCN(C(=O)c2ccc(CCl)cc2)C1C. The maximum atomic E-state index is 12.4. The number of rotatable bonds is 2. The molecular formula is C14H18ClNOS. The number of thioether (sulfide) groups is 1. The first-order valence-corrected chi connectivity index (χ1v) is 7.79. The number of carbonyl (C=O) groups excluding carboxylic acids is 1. The van der Waals surface area contributed by atoms with Gasteiger partial charge < -0.3 is 4.90 Å². The molecule has 1 fully saturated rings. The van der Waals surface area contributed by atoms with Crippen LogP contribution in [0, 0.1) is 0 Å². The Balaban J connectivity index is 2.14. The smallest absolute Gasteiger partial charge is 0.254 e. The van der Waals surface area contributed by atoms with Crippen molar-refractivity contribution >= 4 is 29.3 Å². The van der Waals surface area contributed by atoms with Crippen molar-refractivity contribution < 1.29 is 4.79 Å². The Bertz CT molecular complexity index is 420. The Morgan fingerprint density at radius 2 is 2.06 bits per heavy atom. The fraction of sp³-hybridized carbons (Fsp3) is 0.500. The molecule has 1 amide bonds. The maximum absolute atomic E-state index is 12.4. The van der Waals surface area contributed by atoms with Crippen molar-refractivity contribution in [3.05, 3.63) is 35.4 Å². The minimum absolute atomic E-state index is 0.135. The molecule has 2 nitrogen and oxygen atoms in total. The lowest BCUT2D eigenvalue weighted by atomic mass is 10.1. The summed E-state index contributed by atoms with van der Waals surface area (Å²) in [5.41, 5.74) is 1.80. The molecule has 18 heavy (non-hydrogen) atoms. The van der Waals surface area contributed by atoms with Gasteiger partial charge in [-0.15, -0.1) is 11.6 Å². The summed E-state index contributed by atoms with van der Waals surface area (Å²) in [5.74, 6) is 1.65. The number of halogens is 1. The van der Waals surface area contributed by atoms with Gasteiger partial charge in [0.25, 0.3) is 5.91 Å². The summed E-state index contributed by atoms with van der Waals surface area (Å²) in [5, 5.41) is 0.504. The zero-order chi connectivity index (χ0) is 13.1. The van der Waals surface area contributed by atoms with E-state index >= 15 is 0 Å². The van der Waals surface area contributed by atoms with Crippen molar-refractivity contribution in [1.82, 2.24) is 4.90 Å². The highest BCUT2D eigenvalue weighted by Crippen LogP contribution is 2.25. The van der Waals surface area contributed by atoms with Gasteiger partial charge in [-0.25, -0.2) is 0 Å². The largest absolute Gasteiger partial charge is 0.334 e. The Morgan fingerprint density at radius 3 is 2.67 bits per heavy atom. The van der Waals surface area contributed by atoms with Crippen LogP contribution in [0.4, 0.5) is 0 Å². The molecule has 1 saturated heterocycles. The zero-order valence-corrected chi connectivity index (χ0v) is 12.3. The van der Waals surface area contributed by atoms with E-state index in [0.717, 1.165) is 23.4 Å². The van der Waals surface area contributed by atoms with Gasteiger partial charge in [0.15, 0.2) is 0 Å². The number of amides is 1. The van der Waals surface area contributed by atoms with E-state index in [-0.39, 0.29) is 5.91 Å². The number of hydrogen-bond donors (Lipinski definition) is 0. The monoisotopic (exact) mass is 283 g/mol. The molecule has 1 aliphatic heterocycles. The first-order chi connectivity index (χ1) is 8.63. The Morgan fingerprint density at radius 1 is 1.39 bits per heavy atom. The average molecular weight is 284 g/mol. The minimum atomic E-state index is 0.135. The molecule has 0 spiro atoms. The Hall–Kier alpha value is -0.670. The second kappa shape index (κ2) is 5.98. The van der Waals surface area contributed by atoms with Gasteiger partial charge in [-0.2, -0.15) is 11.8 Å². The predicted octanol–water partition coefficient (Wildman–Crippen LogP) is 3.39. The second-order valence-corrected chi connectivity index (χ2v) is 6.40. The van der Waals surface area contributed by atoms with E-state index in [4.69, 9.17) is 11.6 Å². The molecule has 2 rings (SSSR count). The number of nitrogens with zero attached hydrogens (tertiary/aromatic N) is 1. The first kappa shape index (κ1) is 13.8. The van der Waals surface area contributed by atoms with Gasteiger partial charge in [-0.1, -0.05) is 19.1 Å². The molecule has 1 aromatic carbocycles. The maximum Gasteiger partial charge on any atom is 0.254 e. The minimum Gasteiger partial charge on any atom is -0.334 e. The Labute approximate surface area is 118 Å². The van der Waals surface area contributed by atoms with Crippen LogP contribution in [0.2, 0.25) is 0 Å². The molecule has 0 saturated carbocycles. The molecule has 0 aliphatic carbocycles. The Kier molecular flexibility index (Phi) is 4.57. The second-order valence-electron chi connectivity index (χ2n) is 4.65. The molecular weight excluding hydrogens is 266 g/mol. The summed E-state index contributed by atoms with van der Waals surface area (Å²) in [7, 11) is 0. The summed E-state index contributed by atoms with van der Waals surface area (Å²) in [4.78, 5) is 14.4. The van der Waals surface area contributed by atoms with Crippen LogP contribution < -0.4 is 0 Å². The van der Waals surface area contributed by atoms with Gasteiger partial charge in [0.1, 0.15) is 0 Å². The van der Waals surface area contributed by atoms with Gasteiger partial charge in [0, 0.05) is 35.0 Å². The number of benzene rings is 1. The van der Waals surface area contributed by atoms with Crippen molar-refractivity contribution in [2.45, 2.75) is 31.0 Å². The van der Waals surface area contributed by atoms with Crippen molar-refractivity contribution in [1.29, 1.82) is 0 Å². The molecule has 4 heteroatoms. The lowest BCUT2D eigenvalue weighted by Crippen LogP contribution is -2.47. The summed E-state index contributed by atoms with van der Waals surface area (Å²) < 4.78 is 0. The van der Waals surface area contributed by atoms with E-state index in [0.29, 0.717) is 17.2 Å². The molecule has 0 radical (unpaired) electrons. The molecule has 0 bridgehead atoms. The quantitative estimate of drug-likeness (QED) is 0.776. The number of alkyl halides is 1. The van der Waals surface area contributed by atoms with Gasteiger partial charge in [-0.05, 0) is 24.6 Å². The summed E-state index contributed by atoms with van der Waals surface area (Å²) in [6.07, 6.45) is 0. The van der Waals surface area contributed by atoms with E-state index in [2.05, 4.69) is 13.8 Å². The van der Waals surface area contributed by atoms with E-state index in [1.165, 1.54) is 0 Å². The summed E-state index contributed by atoms with van der Waals surface area (Å²) in [6.45, 7) is 5.15. The fourth-order valence-corrected chi connectivity index (χ4v) is 3.40. The third kappa shape index (κ3) is 2.83. The number of carbonyl (C=O) groups is 1. The fourth-order valence-electron chi connectivity index (χ4n) is 2.12. The van der Waals surface area contributed by atoms with Gasteiger partial charge in [-0.3, -0.25) is 4.79 Å². The summed E-state index contributed by atoms with van der Waals surface area (Å²) >= 11 is 7.69.